The minimum absolute atomic E-state index is 0.00509. The van der Waals surface area contributed by atoms with Crippen molar-refractivity contribution in [2.45, 2.75) is 16.1 Å². The Morgan fingerprint density at radius 3 is 1.97 bits per heavy atom. The van der Waals surface area contributed by atoms with Gasteiger partial charge in [-0.2, -0.15) is 5.01 Å². The van der Waals surface area contributed by atoms with Gasteiger partial charge in [0.2, 0.25) is 0 Å². The van der Waals surface area contributed by atoms with Gasteiger partial charge in [-0.1, -0.05) is 31.9 Å². The third kappa shape index (κ3) is 4.15. The molecule has 2 bridgehead atoms. The third-order valence-corrected chi connectivity index (χ3v) is 10.7. The first-order valence-electron chi connectivity index (χ1n) is 11.5. The zero-order valence-electron chi connectivity index (χ0n) is 19.5. The van der Waals surface area contributed by atoms with Crippen molar-refractivity contribution in [3.63, 3.8) is 0 Å². The van der Waals surface area contributed by atoms with Crippen LogP contribution in [0, 0.1) is 33.8 Å². The summed E-state index contributed by atoms with van der Waals surface area (Å²) in [4.78, 5) is 64.5. The van der Waals surface area contributed by atoms with E-state index in [-0.39, 0.29) is 38.3 Å². The molecule has 0 N–H and O–H groups in total. The largest absolute Gasteiger partial charge is 0.497 e. The van der Waals surface area contributed by atoms with Crippen LogP contribution < -0.4 is 4.74 Å². The molecule has 2 saturated carbocycles. The number of ketones is 1. The highest BCUT2D eigenvalue weighted by atomic mass is 79.9. The highest BCUT2D eigenvalue weighted by Crippen LogP contribution is 2.60. The summed E-state index contributed by atoms with van der Waals surface area (Å²) in [6.07, 6.45) is 0.716. The van der Waals surface area contributed by atoms with E-state index in [4.69, 9.17) is 4.74 Å². The van der Waals surface area contributed by atoms with E-state index in [9.17, 15) is 29.3 Å². The number of amides is 3. The predicted molar refractivity (Wildman–Crippen MR) is 137 cm³/mol. The monoisotopic (exact) mass is 633 g/mol. The van der Waals surface area contributed by atoms with Crippen molar-refractivity contribution in [1.82, 2.24) is 10.0 Å². The summed E-state index contributed by atoms with van der Waals surface area (Å²) >= 11 is 7.28. The molecule has 10 nitrogen and oxygen atoms in total. The van der Waals surface area contributed by atoms with Crippen LogP contribution in [0.1, 0.15) is 27.1 Å². The first-order valence-corrected chi connectivity index (χ1v) is 13.4. The van der Waals surface area contributed by atoms with E-state index in [0.717, 1.165) is 22.2 Å². The topological polar surface area (TPSA) is 127 Å². The molecule has 1 aliphatic heterocycles. The van der Waals surface area contributed by atoms with Crippen molar-refractivity contribution < 1.29 is 28.8 Å². The maximum atomic E-state index is 13.6. The van der Waals surface area contributed by atoms with E-state index in [1.807, 2.05) is 0 Å². The molecule has 0 unspecified atom stereocenters. The SMILES string of the molecule is COc1ccc(C(=O)CN(C(=O)c2ccc([N+](=O)[O-])cc2)N2C(=O)[C@@H]3[C@H]4C[C@@H]([C@H](Br)[C@@H]4Br)[C@@H]3C2=O)cc1. The molecule has 2 aliphatic carbocycles. The molecular weight excluding hydrogens is 614 g/mol. The van der Waals surface area contributed by atoms with Gasteiger partial charge in [0, 0.05) is 32.9 Å². The summed E-state index contributed by atoms with van der Waals surface area (Å²) in [5, 5.41) is 12.7. The third-order valence-electron chi connectivity index (χ3n) is 7.47. The van der Waals surface area contributed by atoms with Gasteiger partial charge in [-0.3, -0.25) is 29.3 Å². The number of rotatable bonds is 7. The lowest BCUT2D eigenvalue weighted by Crippen LogP contribution is -2.52. The van der Waals surface area contributed by atoms with Gasteiger partial charge in [0.15, 0.2) is 5.78 Å². The summed E-state index contributed by atoms with van der Waals surface area (Å²) in [5.41, 5.74) is 0.0526. The Labute approximate surface area is 228 Å². The Morgan fingerprint density at radius 1 is 0.973 bits per heavy atom. The molecule has 3 aliphatic rings. The van der Waals surface area contributed by atoms with Crippen molar-refractivity contribution in [3.05, 3.63) is 69.8 Å². The number of fused-ring (bicyclic) bond motifs is 5. The van der Waals surface area contributed by atoms with Gasteiger partial charge in [0.1, 0.15) is 12.3 Å². The molecule has 0 spiro atoms. The molecule has 1 heterocycles. The van der Waals surface area contributed by atoms with Crippen LogP contribution >= 0.6 is 31.9 Å². The van der Waals surface area contributed by atoms with Gasteiger partial charge in [-0.25, -0.2) is 5.01 Å². The molecule has 5 rings (SSSR count). The number of nitro benzene ring substituents is 1. The molecular formula is C25H21Br2N3O7. The second-order valence-electron chi connectivity index (χ2n) is 9.31. The number of hydrogen-bond donors (Lipinski definition) is 0. The molecule has 12 heteroatoms. The van der Waals surface area contributed by atoms with Gasteiger partial charge in [0.25, 0.3) is 23.4 Å². The number of carbonyl (C=O) groups is 4. The van der Waals surface area contributed by atoms with Crippen LogP contribution in [0.5, 0.6) is 5.75 Å². The molecule has 1 saturated heterocycles. The van der Waals surface area contributed by atoms with E-state index in [1.165, 1.54) is 31.4 Å². The van der Waals surface area contributed by atoms with Gasteiger partial charge < -0.3 is 4.74 Å². The van der Waals surface area contributed by atoms with E-state index >= 15 is 0 Å². The minimum atomic E-state index is -0.781. The highest BCUT2D eigenvalue weighted by Gasteiger charge is 2.67. The van der Waals surface area contributed by atoms with E-state index < -0.39 is 46.8 Å². The number of alkyl halides is 2. The standard InChI is InChI=1S/C25H21Br2N3O7/c1-37-15-8-4-12(5-9-15)18(31)11-28(23(32)13-2-6-14(7-3-13)30(35)36)29-24(33)19-16-10-17(20(19)25(29)34)22(27)21(16)26/h2-9,16-17,19-22H,10-11H2,1H3/t16-,17-,19-,20+,21-,22+/m1/s1. The zero-order chi connectivity index (χ0) is 26.6. The number of carbonyl (C=O) groups excluding carboxylic acids is 4. The molecule has 0 radical (unpaired) electrons. The minimum Gasteiger partial charge on any atom is -0.497 e. The Bertz CT molecular complexity index is 1270. The van der Waals surface area contributed by atoms with Crippen molar-refractivity contribution in [2.75, 3.05) is 13.7 Å². The first-order chi connectivity index (χ1) is 17.6. The summed E-state index contributed by atoms with van der Waals surface area (Å²) in [5.74, 6) is -3.07. The molecule has 2 aromatic rings. The van der Waals surface area contributed by atoms with E-state index in [2.05, 4.69) is 31.9 Å². The fraction of sp³-hybridized carbons (Fsp3) is 0.360. The van der Waals surface area contributed by atoms with Crippen LogP contribution in [-0.4, -0.2) is 61.8 Å². The number of nitrogens with zero attached hydrogens (tertiary/aromatic N) is 3. The fourth-order valence-electron chi connectivity index (χ4n) is 5.68. The number of halogens is 2. The lowest BCUT2D eigenvalue weighted by atomic mass is 9.81. The van der Waals surface area contributed by atoms with Crippen LogP contribution in [0.25, 0.3) is 0 Å². The lowest BCUT2D eigenvalue weighted by molar-refractivity contribution is -0.384. The van der Waals surface area contributed by atoms with Gasteiger partial charge in [-0.15, -0.1) is 0 Å². The fourth-order valence-corrected chi connectivity index (χ4v) is 7.56. The second-order valence-corrected chi connectivity index (χ2v) is 11.4. The molecule has 3 amide bonds. The summed E-state index contributed by atoms with van der Waals surface area (Å²) < 4.78 is 5.12. The van der Waals surface area contributed by atoms with Crippen LogP contribution in [0.15, 0.2) is 48.5 Å². The summed E-state index contributed by atoms with van der Waals surface area (Å²) in [6.45, 7) is -0.566. The van der Waals surface area contributed by atoms with Crippen LogP contribution in [0.2, 0.25) is 0 Å². The number of nitro groups is 1. The number of imide groups is 1. The van der Waals surface area contributed by atoms with Crippen molar-refractivity contribution in [3.8, 4) is 5.75 Å². The molecule has 0 aromatic heterocycles. The Balaban J connectivity index is 1.49. The molecule has 6 atom stereocenters. The number of non-ortho nitro benzene ring substituents is 1. The van der Waals surface area contributed by atoms with Gasteiger partial charge in [0.05, 0.1) is 23.9 Å². The first kappa shape index (κ1) is 25.5. The Hall–Kier alpha value is -3.12. The zero-order valence-corrected chi connectivity index (χ0v) is 22.6. The molecule has 192 valence electrons. The van der Waals surface area contributed by atoms with Crippen LogP contribution in [0.3, 0.4) is 0 Å². The average Bonchev–Trinajstić information content (AvgIpc) is 3.51. The average molecular weight is 635 g/mol. The lowest BCUT2D eigenvalue weighted by Gasteiger charge is -2.30. The maximum absolute atomic E-state index is 13.6. The smallest absolute Gasteiger partial charge is 0.273 e. The Morgan fingerprint density at radius 2 is 1.49 bits per heavy atom. The van der Waals surface area contributed by atoms with E-state index in [1.54, 1.807) is 12.1 Å². The normalized spacial score (nSPS) is 27.8. The summed E-state index contributed by atoms with van der Waals surface area (Å²) in [6, 6.07) is 11.0. The number of ether oxygens (including phenoxy) is 1. The summed E-state index contributed by atoms with van der Waals surface area (Å²) in [7, 11) is 1.49. The second kappa shape index (κ2) is 9.64. The van der Waals surface area contributed by atoms with Crippen molar-refractivity contribution in [1.29, 1.82) is 0 Å². The Kier molecular flexibility index (Phi) is 6.65. The van der Waals surface area contributed by atoms with Crippen LogP contribution in [-0.2, 0) is 9.59 Å². The number of Topliss-reactive ketones (excluding diaryl/α,β-unsaturated/α-hetero) is 1. The van der Waals surface area contributed by atoms with E-state index in [0.29, 0.717) is 12.2 Å². The predicted octanol–water partition coefficient (Wildman–Crippen LogP) is 3.62. The number of hydrogen-bond acceptors (Lipinski definition) is 7. The van der Waals surface area contributed by atoms with Crippen molar-refractivity contribution >= 4 is 61.1 Å². The highest BCUT2D eigenvalue weighted by molar-refractivity contribution is 9.12. The maximum Gasteiger partial charge on any atom is 0.273 e. The quantitative estimate of drug-likeness (QED) is 0.150. The molecule has 3 fully saturated rings. The van der Waals surface area contributed by atoms with Gasteiger partial charge in [-0.05, 0) is 54.7 Å². The molecule has 37 heavy (non-hydrogen) atoms. The van der Waals surface area contributed by atoms with Gasteiger partial charge >= 0.3 is 0 Å². The number of benzene rings is 2. The number of methoxy groups -OCH3 is 1. The van der Waals surface area contributed by atoms with Crippen LogP contribution in [0.4, 0.5) is 5.69 Å². The van der Waals surface area contributed by atoms with Crippen molar-refractivity contribution in [2.24, 2.45) is 23.7 Å². The molecule has 2 aromatic carbocycles. The number of hydrazine groups is 1.